The molecule has 56 heavy (non-hydrogen) atoms. The molecule has 0 atom stereocenters. The molecule has 0 radical (unpaired) electrons. The predicted octanol–water partition coefficient (Wildman–Crippen LogP) is 18.1. The maximum absolute atomic E-state index is 9.37. The molecule has 3 rings (SSSR count). The van der Waals surface area contributed by atoms with Crippen LogP contribution in [0.3, 0.4) is 0 Å². The van der Waals surface area contributed by atoms with E-state index >= 15 is 0 Å². The number of hydrogen-bond acceptors (Lipinski definition) is 0. The highest BCUT2D eigenvalue weighted by molar-refractivity contribution is 6.15. The molecule has 1 aliphatic heterocycles. The van der Waals surface area contributed by atoms with Gasteiger partial charge in [-0.3, -0.25) is 0 Å². The van der Waals surface area contributed by atoms with Crippen molar-refractivity contribution in [3.05, 3.63) is 94.4 Å². The number of hydrogen-bond donors (Lipinski definition) is 0. The summed E-state index contributed by atoms with van der Waals surface area (Å²) >= 11 is 0. The molecule has 314 valence electrons. The lowest BCUT2D eigenvalue weighted by atomic mass is 9.97. The Morgan fingerprint density at radius 1 is 0.429 bits per heavy atom. The fraction of sp³-hybridized carbons (Fsp3) is 0.685. The molecule has 0 saturated heterocycles. The van der Waals surface area contributed by atoms with Crippen LogP contribution >= 0.6 is 0 Å². The number of nitrogens with zero attached hydrogens (tertiary/aromatic N) is 1. The van der Waals surface area contributed by atoms with E-state index in [1.54, 1.807) is 4.68 Å². The zero-order valence-corrected chi connectivity index (χ0v) is 37.3. The summed E-state index contributed by atoms with van der Waals surface area (Å²) in [5, 5.41) is 0. The second-order valence-corrected chi connectivity index (χ2v) is 17.5. The summed E-state index contributed by atoms with van der Waals surface area (Å²) in [5.74, 6) is 9.37. The summed E-state index contributed by atoms with van der Waals surface area (Å²) < 4.78 is 1.72. The summed E-state index contributed by atoms with van der Waals surface area (Å²) in [6, 6.07) is 18.1. The second kappa shape index (κ2) is 32.4. The molecule has 2 aromatic carbocycles. The lowest BCUT2D eigenvalue weighted by Gasteiger charge is -2.10. The first-order valence-electron chi connectivity index (χ1n) is 24.7. The van der Waals surface area contributed by atoms with Crippen molar-refractivity contribution >= 4 is 11.4 Å². The molecule has 0 aliphatic carbocycles. The van der Waals surface area contributed by atoms with Gasteiger partial charge in [0.05, 0.1) is 0 Å². The van der Waals surface area contributed by atoms with Crippen LogP contribution in [0.2, 0.25) is 0 Å². The molecule has 2 nitrogen and oxygen atoms in total. The van der Waals surface area contributed by atoms with Crippen molar-refractivity contribution in [3.8, 4) is 0 Å². The molecule has 0 amide bonds. The standard InChI is InChI=1S/C54H88N2/c1-4-7-10-12-14-16-18-20-22-24-26-28-30-32-34-38-48-40-36-43-50(45-48)53-47-52(42-9-6-3)54(56(53)55)51-44-37-41-49(46-51)39-35-33-31-29-27-25-23-21-19-17-15-13-11-8-5-2/h36-37,40-47,55H,4-35,38-39H2,1-3H3. The number of benzene rings is 2. The normalized spacial score (nSPS) is 13.7. The number of allylic oxidation sites excluding steroid dienone is 3. The quantitative estimate of drug-likeness (QED) is 0.0488. The van der Waals surface area contributed by atoms with E-state index in [2.05, 4.69) is 81.5 Å². The number of unbranched alkanes of at least 4 members (excludes halogenated alkanes) is 29. The number of nitrogens with one attached hydrogen (secondary N) is 1. The fourth-order valence-corrected chi connectivity index (χ4v) is 8.65. The minimum Gasteiger partial charge on any atom is -0.448 e. The lowest BCUT2D eigenvalue weighted by Crippen LogP contribution is -2.11. The van der Waals surface area contributed by atoms with Crippen LogP contribution in [-0.2, 0) is 12.8 Å². The van der Waals surface area contributed by atoms with Gasteiger partial charge in [-0.2, -0.15) is 0 Å². The van der Waals surface area contributed by atoms with Crippen LogP contribution in [0, 0.1) is 0 Å². The van der Waals surface area contributed by atoms with Crippen LogP contribution in [-0.4, -0.2) is 10.4 Å². The van der Waals surface area contributed by atoms with Gasteiger partial charge in [0.15, 0.2) is 0 Å². The topological polar surface area (TPSA) is 26.8 Å². The Balaban J connectivity index is 1.38. The maximum atomic E-state index is 9.37. The van der Waals surface area contributed by atoms with Gasteiger partial charge in [0, 0.05) is 22.8 Å². The molecule has 2 aromatic rings. The number of aryl methyl sites for hydroxylation is 2. The highest BCUT2D eigenvalue weighted by atomic mass is 15.3. The van der Waals surface area contributed by atoms with Crippen molar-refractivity contribution in [3.63, 3.8) is 0 Å². The Bertz CT molecular complexity index is 1360. The van der Waals surface area contributed by atoms with E-state index in [0.717, 1.165) is 37.1 Å². The van der Waals surface area contributed by atoms with Gasteiger partial charge in [-0.15, -0.1) is 0 Å². The van der Waals surface area contributed by atoms with Crippen molar-refractivity contribution in [1.29, 1.82) is 0 Å². The lowest BCUT2D eigenvalue weighted by molar-refractivity contribution is -0.347. The first-order chi connectivity index (χ1) is 27.7. The van der Waals surface area contributed by atoms with Crippen molar-refractivity contribution in [2.75, 3.05) is 0 Å². The van der Waals surface area contributed by atoms with E-state index in [-0.39, 0.29) is 0 Å². The van der Waals surface area contributed by atoms with E-state index in [0.29, 0.717) is 0 Å². The van der Waals surface area contributed by atoms with E-state index in [1.807, 2.05) is 0 Å². The monoisotopic (exact) mass is 765 g/mol. The van der Waals surface area contributed by atoms with Crippen molar-refractivity contribution < 1.29 is 4.68 Å². The first-order valence-corrected chi connectivity index (χ1v) is 24.7. The molecule has 0 spiro atoms. The van der Waals surface area contributed by atoms with Gasteiger partial charge in [-0.1, -0.05) is 237 Å². The number of rotatable bonds is 36. The average molecular weight is 765 g/mol. The smallest absolute Gasteiger partial charge is 0.215 e. The third-order valence-electron chi connectivity index (χ3n) is 12.2. The van der Waals surface area contributed by atoms with Gasteiger partial charge < -0.3 is 5.84 Å². The summed E-state index contributed by atoms with van der Waals surface area (Å²) in [4.78, 5) is 0. The highest BCUT2D eigenvalue weighted by Crippen LogP contribution is 2.30. The van der Waals surface area contributed by atoms with E-state index < -0.39 is 0 Å². The minimum absolute atomic E-state index is 1.01. The summed E-state index contributed by atoms with van der Waals surface area (Å²) in [7, 11) is 0. The van der Waals surface area contributed by atoms with Crippen LogP contribution in [0.4, 0.5) is 0 Å². The fourth-order valence-electron chi connectivity index (χ4n) is 8.65. The first kappa shape index (κ1) is 47.8. The summed E-state index contributed by atoms with van der Waals surface area (Å²) in [5.41, 5.74) is 8.42. The second-order valence-electron chi connectivity index (χ2n) is 17.5. The Labute approximate surface area is 348 Å². The van der Waals surface area contributed by atoms with Gasteiger partial charge in [0.25, 0.3) is 0 Å². The summed E-state index contributed by atoms with van der Waals surface area (Å²) in [6.45, 7) is 6.85. The molecule has 0 bridgehead atoms. The van der Waals surface area contributed by atoms with E-state index in [9.17, 15) is 5.84 Å². The van der Waals surface area contributed by atoms with Crippen molar-refractivity contribution in [2.45, 2.75) is 239 Å². The van der Waals surface area contributed by atoms with Crippen LogP contribution < -0.4 is 0 Å². The predicted molar refractivity (Wildman–Crippen MR) is 250 cm³/mol. The van der Waals surface area contributed by atoms with Crippen LogP contribution in [0.1, 0.15) is 248 Å². The Hall–Kier alpha value is -2.61. The molecule has 1 heterocycles. The zero-order valence-electron chi connectivity index (χ0n) is 37.3. The van der Waals surface area contributed by atoms with Gasteiger partial charge >= 0.3 is 0 Å². The zero-order chi connectivity index (χ0) is 39.7. The largest absolute Gasteiger partial charge is 0.448 e. The molecule has 2 heteroatoms. The molecule has 0 saturated carbocycles. The Morgan fingerprint density at radius 2 is 0.786 bits per heavy atom. The van der Waals surface area contributed by atoms with Crippen LogP contribution in [0.25, 0.3) is 11.5 Å². The van der Waals surface area contributed by atoms with Crippen LogP contribution in [0.15, 0.2) is 66.3 Å². The Kier molecular flexibility index (Phi) is 27.6. The van der Waals surface area contributed by atoms with Gasteiger partial charge in [0.2, 0.25) is 11.4 Å². The van der Waals surface area contributed by atoms with E-state index in [1.165, 1.54) is 220 Å². The third-order valence-corrected chi connectivity index (χ3v) is 12.2. The third kappa shape index (κ3) is 20.7. The van der Waals surface area contributed by atoms with Gasteiger partial charge in [-0.05, 0) is 67.5 Å². The maximum Gasteiger partial charge on any atom is 0.215 e. The van der Waals surface area contributed by atoms with Crippen LogP contribution in [0.5, 0.6) is 0 Å². The van der Waals surface area contributed by atoms with Crippen molar-refractivity contribution in [2.24, 2.45) is 0 Å². The van der Waals surface area contributed by atoms with E-state index in [4.69, 9.17) is 0 Å². The van der Waals surface area contributed by atoms with Crippen molar-refractivity contribution in [1.82, 2.24) is 0 Å². The molecule has 1 aliphatic rings. The minimum atomic E-state index is 1.01. The molecular formula is C54H88N2. The molecule has 0 fully saturated rings. The van der Waals surface area contributed by atoms with Gasteiger partial charge in [0.1, 0.15) is 0 Å². The summed E-state index contributed by atoms with van der Waals surface area (Å²) in [6.07, 6.45) is 51.2. The Morgan fingerprint density at radius 3 is 1.18 bits per heavy atom. The molecule has 0 unspecified atom stereocenters. The average Bonchev–Trinajstić information content (AvgIpc) is 3.55. The SMILES string of the molecule is CCCC=C1C=C(c2cccc(CCCCCCCCCCCCCCCCC)c2)[N+]([NH-])=C1c1cccc(CCCCCCCCCCCCCCCCC)c1. The highest BCUT2D eigenvalue weighted by Gasteiger charge is 2.28. The molecule has 0 aromatic heterocycles. The molecule has 1 N–H and O–H groups in total. The molecular weight excluding hydrogens is 677 g/mol. The van der Waals surface area contributed by atoms with Gasteiger partial charge in [-0.25, -0.2) is 4.68 Å².